The number of hydrogen-bond donors (Lipinski definition) is 1. The second-order valence-electron chi connectivity index (χ2n) is 5.28. The Morgan fingerprint density at radius 2 is 2.40 bits per heavy atom. The minimum atomic E-state index is 0.379. The number of thiophene rings is 1. The van der Waals surface area contributed by atoms with Crippen LogP contribution in [0.2, 0.25) is 0 Å². The van der Waals surface area contributed by atoms with E-state index in [0.717, 1.165) is 29.0 Å². The lowest BCUT2D eigenvalue weighted by molar-refractivity contribution is 0.441. The normalized spacial score (nSPS) is 17.5. The molecule has 1 unspecified atom stereocenters. The van der Waals surface area contributed by atoms with Gasteiger partial charge in [0, 0.05) is 16.1 Å². The molecule has 3 rings (SSSR count). The van der Waals surface area contributed by atoms with Gasteiger partial charge >= 0.3 is 0 Å². The van der Waals surface area contributed by atoms with Gasteiger partial charge in [-0.25, -0.2) is 4.98 Å². The maximum Gasteiger partial charge on any atom is 0.142 e. The lowest BCUT2D eigenvalue weighted by Gasteiger charge is -2.26. The molecule has 0 spiro atoms. The second kappa shape index (κ2) is 5.26. The van der Waals surface area contributed by atoms with Crippen molar-refractivity contribution >= 4 is 17.2 Å². The Morgan fingerprint density at radius 3 is 3.05 bits per heavy atom. The van der Waals surface area contributed by atoms with Gasteiger partial charge in [0.05, 0.1) is 0 Å². The number of rotatable bonds is 2. The lowest BCUT2D eigenvalue weighted by Crippen LogP contribution is -2.18. The van der Waals surface area contributed by atoms with E-state index in [1.807, 2.05) is 11.4 Å². The molecule has 0 amide bonds. The highest BCUT2D eigenvalue weighted by Crippen LogP contribution is 2.39. The van der Waals surface area contributed by atoms with Gasteiger partial charge < -0.3 is 5.73 Å². The van der Waals surface area contributed by atoms with Gasteiger partial charge in [-0.1, -0.05) is 19.4 Å². The van der Waals surface area contributed by atoms with Gasteiger partial charge in [0.1, 0.15) is 17.5 Å². The van der Waals surface area contributed by atoms with Gasteiger partial charge in [0.15, 0.2) is 0 Å². The van der Waals surface area contributed by atoms with Crippen molar-refractivity contribution in [3.8, 4) is 16.5 Å². The molecule has 0 bridgehead atoms. The van der Waals surface area contributed by atoms with Crippen LogP contribution in [0.3, 0.4) is 0 Å². The zero-order valence-corrected chi connectivity index (χ0v) is 12.3. The molecular formula is C16H17N3S. The van der Waals surface area contributed by atoms with Gasteiger partial charge in [-0.05, 0) is 42.2 Å². The van der Waals surface area contributed by atoms with E-state index in [4.69, 9.17) is 5.73 Å². The van der Waals surface area contributed by atoms with E-state index in [9.17, 15) is 5.26 Å². The summed E-state index contributed by atoms with van der Waals surface area (Å²) in [5.74, 6) is 1.07. The molecule has 1 atom stereocenters. The predicted molar refractivity (Wildman–Crippen MR) is 82.5 cm³/mol. The molecule has 2 heterocycles. The summed E-state index contributed by atoms with van der Waals surface area (Å²) in [6, 6.07) is 6.34. The molecule has 1 aliphatic carbocycles. The van der Waals surface area contributed by atoms with Crippen LogP contribution in [-0.2, 0) is 12.8 Å². The summed E-state index contributed by atoms with van der Waals surface area (Å²) in [5.41, 5.74) is 9.91. The van der Waals surface area contributed by atoms with Gasteiger partial charge in [0.25, 0.3) is 0 Å². The maximum atomic E-state index is 9.46. The number of aryl methyl sites for hydroxylation is 1. The third kappa shape index (κ3) is 2.08. The summed E-state index contributed by atoms with van der Waals surface area (Å²) in [7, 11) is 0. The molecule has 4 heteroatoms. The largest absolute Gasteiger partial charge is 0.383 e. The summed E-state index contributed by atoms with van der Waals surface area (Å²) in [6.07, 6.45) is 4.34. The van der Waals surface area contributed by atoms with E-state index in [1.54, 1.807) is 11.3 Å². The number of hydrogen-bond acceptors (Lipinski definition) is 4. The number of nitriles is 1. The van der Waals surface area contributed by atoms with Crippen molar-refractivity contribution in [2.45, 2.75) is 32.6 Å². The second-order valence-corrected chi connectivity index (χ2v) is 6.23. The molecule has 20 heavy (non-hydrogen) atoms. The molecule has 1 aliphatic rings. The molecule has 2 aromatic heterocycles. The molecule has 3 nitrogen and oxygen atoms in total. The first-order valence-corrected chi connectivity index (χ1v) is 7.87. The average molecular weight is 283 g/mol. The molecule has 0 radical (unpaired) electrons. The summed E-state index contributed by atoms with van der Waals surface area (Å²) in [4.78, 5) is 5.61. The fourth-order valence-corrected chi connectivity index (χ4v) is 3.81. The predicted octanol–water partition coefficient (Wildman–Crippen LogP) is 3.78. The number of anilines is 1. The van der Waals surface area contributed by atoms with Crippen LogP contribution in [0.4, 0.5) is 5.82 Å². The molecule has 0 saturated carbocycles. The Hall–Kier alpha value is -1.86. The molecule has 0 aliphatic heterocycles. The van der Waals surface area contributed by atoms with Crippen molar-refractivity contribution in [1.82, 2.24) is 4.98 Å². The van der Waals surface area contributed by atoms with E-state index < -0.39 is 0 Å². The number of nitrogens with two attached hydrogens (primary N) is 1. The fourth-order valence-electron chi connectivity index (χ4n) is 3.00. The minimum Gasteiger partial charge on any atom is -0.383 e. The van der Waals surface area contributed by atoms with Gasteiger partial charge in [-0.3, -0.25) is 0 Å². The molecule has 0 aromatic carbocycles. The smallest absolute Gasteiger partial charge is 0.142 e. The van der Waals surface area contributed by atoms with E-state index in [-0.39, 0.29) is 0 Å². The number of fused-ring (bicyclic) bond motifs is 1. The zero-order valence-electron chi connectivity index (χ0n) is 11.5. The number of aromatic nitrogens is 1. The van der Waals surface area contributed by atoms with Gasteiger partial charge in [-0.2, -0.15) is 5.26 Å². The topological polar surface area (TPSA) is 62.7 Å². The maximum absolute atomic E-state index is 9.46. The minimum absolute atomic E-state index is 0.379. The van der Waals surface area contributed by atoms with Crippen LogP contribution in [0.1, 0.15) is 36.6 Å². The highest BCUT2D eigenvalue weighted by Gasteiger charge is 2.26. The number of pyridine rings is 1. The van der Waals surface area contributed by atoms with Gasteiger partial charge in [-0.15, -0.1) is 11.3 Å². The van der Waals surface area contributed by atoms with Crippen molar-refractivity contribution in [2.75, 3.05) is 5.73 Å². The van der Waals surface area contributed by atoms with Crippen molar-refractivity contribution in [3.63, 3.8) is 0 Å². The van der Waals surface area contributed by atoms with Crippen LogP contribution in [0.25, 0.3) is 10.4 Å². The number of nitrogen functional groups attached to an aromatic ring is 1. The van der Waals surface area contributed by atoms with Crippen molar-refractivity contribution in [3.05, 3.63) is 34.3 Å². The third-order valence-electron chi connectivity index (χ3n) is 4.15. The first-order valence-electron chi connectivity index (χ1n) is 6.99. The zero-order chi connectivity index (χ0) is 14.1. The Kier molecular flexibility index (Phi) is 3.45. The van der Waals surface area contributed by atoms with Crippen LogP contribution in [0.5, 0.6) is 0 Å². The molecule has 2 aromatic rings. The Balaban J connectivity index is 2.24. The van der Waals surface area contributed by atoms with Crippen LogP contribution in [-0.4, -0.2) is 4.98 Å². The summed E-state index contributed by atoms with van der Waals surface area (Å²) >= 11 is 1.66. The van der Waals surface area contributed by atoms with Crippen LogP contribution >= 0.6 is 11.3 Å². The van der Waals surface area contributed by atoms with E-state index in [1.165, 1.54) is 18.4 Å². The third-order valence-corrected chi connectivity index (χ3v) is 5.04. The molecular weight excluding hydrogens is 266 g/mol. The quantitative estimate of drug-likeness (QED) is 0.912. The number of nitrogens with zero attached hydrogens (tertiary/aromatic N) is 2. The van der Waals surface area contributed by atoms with E-state index in [0.29, 0.717) is 17.3 Å². The SMILES string of the molecule is CCC1CCc2nc(N)c(C#N)c(-c3cccs3)c2C1. The Labute approximate surface area is 123 Å². The van der Waals surface area contributed by atoms with Crippen LogP contribution < -0.4 is 5.73 Å². The van der Waals surface area contributed by atoms with E-state index in [2.05, 4.69) is 24.0 Å². The Bertz CT molecular complexity index is 668. The standard InChI is InChI=1S/C16H17N3S/c1-2-10-5-6-13-11(8-10)15(14-4-3-7-20-14)12(9-17)16(18)19-13/h3-4,7,10H,2,5-6,8H2,1H3,(H2,18,19). The Morgan fingerprint density at radius 1 is 1.55 bits per heavy atom. The molecule has 0 fully saturated rings. The van der Waals surface area contributed by atoms with Crippen LogP contribution in [0, 0.1) is 17.2 Å². The first-order chi connectivity index (χ1) is 9.74. The molecule has 0 saturated heterocycles. The summed E-state index contributed by atoms with van der Waals surface area (Å²) < 4.78 is 0. The van der Waals surface area contributed by atoms with Crippen molar-refractivity contribution < 1.29 is 0 Å². The lowest BCUT2D eigenvalue weighted by atomic mass is 9.81. The fraction of sp³-hybridized carbons (Fsp3) is 0.375. The average Bonchev–Trinajstić information content (AvgIpc) is 2.99. The molecule has 102 valence electrons. The highest BCUT2D eigenvalue weighted by molar-refractivity contribution is 7.13. The summed E-state index contributed by atoms with van der Waals surface area (Å²) in [5, 5.41) is 11.5. The monoisotopic (exact) mass is 283 g/mol. The highest BCUT2D eigenvalue weighted by atomic mass is 32.1. The van der Waals surface area contributed by atoms with Crippen molar-refractivity contribution in [2.24, 2.45) is 5.92 Å². The first kappa shape index (κ1) is 13.1. The molecule has 2 N–H and O–H groups in total. The van der Waals surface area contributed by atoms with Gasteiger partial charge in [0.2, 0.25) is 0 Å². The summed E-state index contributed by atoms with van der Waals surface area (Å²) in [6.45, 7) is 2.23. The van der Waals surface area contributed by atoms with Crippen molar-refractivity contribution in [1.29, 1.82) is 5.26 Å². The van der Waals surface area contributed by atoms with Crippen LogP contribution in [0.15, 0.2) is 17.5 Å². The van der Waals surface area contributed by atoms with E-state index >= 15 is 0 Å².